The predicted molar refractivity (Wildman–Crippen MR) is 75.0 cm³/mol. The van der Waals surface area contributed by atoms with E-state index in [4.69, 9.17) is 9.68 Å². The quantitative estimate of drug-likeness (QED) is 0.364. The Labute approximate surface area is 108 Å². The molecule has 2 nitrogen and oxygen atoms in total. The van der Waals surface area contributed by atoms with E-state index in [2.05, 4.69) is 6.92 Å². The zero-order valence-corrected chi connectivity index (χ0v) is 11.6. The molecule has 0 aliphatic carbocycles. The lowest BCUT2D eigenvalue weighted by molar-refractivity contribution is 0.274. The predicted octanol–water partition coefficient (Wildman–Crippen LogP) is 4.23. The molecule has 101 valence electrons. The van der Waals surface area contributed by atoms with Crippen LogP contribution in [0, 0.1) is 0 Å². The van der Waals surface area contributed by atoms with Crippen LogP contribution in [0.25, 0.3) is 0 Å². The van der Waals surface area contributed by atoms with Gasteiger partial charge in [-0.25, -0.2) is 0 Å². The van der Waals surface area contributed by atoms with E-state index in [1.54, 1.807) is 0 Å². The molecule has 1 radical (unpaired) electrons. The highest BCUT2D eigenvalue weighted by Gasteiger charge is 1.93. The fourth-order valence-corrected chi connectivity index (χ4v) is 2.08. The van der Waals surface area contributed by atoms with Gasteiger partial charge in [-0.3, -0.25) is 0 Å². The highest BCUT2D eigenvalue weighted by atomic mass is 16.5. The summed E-state index contributed by atoms with van der Waals surface area (Å²) in [6.45, 7) is 2.93. The molecule has 0 atom stereocenters. The largest absolute Gasteiger partial charge is 0.485 e. The van der Waals surface area contributed by atoms with Crippen LogP contribution in [0.15, 0.2) is 0 Å². The third-order valence-electron chi connectivity index (χ3n) is 3.19. The summed E-state index contributed by atoms with van der Waals surface area (Å²) in [6.07, 6.45) is 16.2. The molecule has 0 spiro atoms. The molecule has 0 aromatic heterocycles. The standard InChI is InChI=1S/C14H30BO2/c1-2-3-4-5-6-7-8-9-10-11-12-13-14-17-15-16/h16H,2-14H2,1H3. The first-order valence-electron chi connectivity index (χ1n) is 7.49. The molecule has 17 heavy (non-hydrogen) atoms. The molecule has 0 bridgehead atoms. The maximum Gasteiger partial charge on any atom is 0.485 e. The van der Waals surface area contributed by atoms with Gasteiger partial charge in [0.05, 0.1) is 0 Å². The first-order chi connectivity index (χ1) is 8.41. The van der Waals surface area contributed by atoms with E-state index in [9.17, 15) is 0 Å². The SMILES string of the molecule is CCCCCCCCCCCCCCO[B]O. The Kier molecular flexibility index (Phi) is 16.0. The molecule has 0 aromatic rings. The average Bonchev–Trinajstić information content (AvgIpc) is 2.35. The first kappa shape index (κ1) is 17.0. The fourth-order valence-electron chi connectivity index (χ4n) is 2.08. The molecule has 0 aromatic carbocycles. The van der Waals surface area contributed by atoms with E-state index < -0.39 is 0 Å². The third kappa shape index (κ3) is 16.0. The van der Waals surface area contributed by atoms with Crippen LogP contribution in [0.4, 0.5) is 0 Å². The molecule has 0 fully saturated rings. The molecule has 0 rings (SSSR count). The van der Waals surface area contributed by atoms with Gasteiger partial charge in [-0.05, 0) is 6.42 Å². The summed E-state index contributed by atoms with van der Waals surface area (Å²) in [7, 11) is 0.790. The zero-order chi connectivity index (χ0) is 12.6. The monoisotopic (exact) mass is 241 g/mol. The van der Waals surface area contributed by atoms with Crippen molar-refractivity contribution < 1.29 is 9.68 Å². The van der Waals surface area contributed by atoms with Gasteiger partial charge < -0.3 is 9.68 Å². The summed E-state index contributed by atoms with van der Waals surface area (Å²) < 4.78 is 4.76. The lowest BCUT2D eigenvalue weighted by atomic mass is 10.1. The highest BCUT2D eigenvalue weighted by Crippen LogP contribution is 2.11. The number of hydrogen-bond acceptors (Lipinski definition) is 2. The third-order valence-corrected chi connectivity index (χ3v) is 3.19. The Morgan fingerprint density at radius 2 is 1.12 bits per heavy atom. The molecular weight excluding hydrogens is 211 g/mol. The lowest BCUT2D eigenvalue weighted by Gasteiger charge is -2.02. The van der Waals surface area contributed by atoms with Crippen molar-refractivity contribution >= 4 is 7.69 Å². The number of rotatable bonds is 14. The van der Waals surface area contributed by atoms with E-state index in [0.29, 0.717) is 6.61 Å². The van der Waals surface area contributed by atoms with Crippen LogP contribution >= 0.6 is 0 Å². The average molecular weight is 241 g/mol. The minimum absolute atomic E-state index is 0.661. The second-order valence-electron chi connectivity index (χ2n) is 4.87. The summed E-state index contributed by atoms with van der Waals surface area (Å²) in [4.78, 5) is 0. The Morgan fingerprint density at radius 1 is 0.706 bits per heavy atom. The van der Waals surface area contributed by atoms with Crippen LogP contribution in [-0.4, -0.2) is 19.3 Å². The van der Waals surface area contributed by atoms with Crippen LogP contribution in [0.2, 0.25) is 0 Å². The van der Waals surface area contributed by atoms with Gasteiger partial charge >= 0.3 is 7.69 Å². The summed E-state index contributed by atoms with van der Waals surface area (Å²) >= 11 is 0. The molecule has 0 heterocycles. The normalized spacial score (nSPS) is 10.7. The maximum atomic E-state index is 8.30. The van der Waals surface area contributed by atoms with Crippen molar-refractivity contribution in [3.05, 3.63) is 0 Å². The molecule has 0 saturated carbocycles. The van der Waals surface area contributed by atoms with Crippen LogP contribution in [0.5, 0.6) is 0 Å². The molecular formula is C14H30BO2. The van der Waals surface area contributed by atoms with Gasteiger partial charge in [-0.15, -0.1) is 0 Å². The molecule has 0 aliphatic rings. The van der Waals surface area contributed by atoms with Crippen LogP contribution < -0.4 is 0 Å². The maximum absolute atomic E-state index is 8.30. The number of unbranched alkanes of at least 4 members (excludes halogenated alkanes) is 11. The summed E-state index contributed by atoms with van der Waals surface area (Å²) in [5, 5.41) is 8.30. The van der Waals surface area contributed by atoms with E-state index in [1.807, 2.05) is 0 Å². The van der Waals surface area contributed by atoms with Gasteiger partial charge in [-0.2, -0.15) is 0 Å². The molecule has 0 saturated heterocycles. The molecule has 0 unspecified atom stereocenters. The molecule has 0 aliphatic heterocycles. The summed E-state index contributed by atoms with van der Waals surface area (Å²) in [5.74, 6) is 0. The molecule has 3 heteroatoms. The van der Waals surface area contributed by atoms with Crippen LogP contribution in [-0.2, 0) is 4.65 Å². The van der Waals surface area contributed by atoms with Gasteiger partial charge in [0.25, 0.3) is 0 Å². The summed E-state index contributed by atoms with van der Waals surface area (Å²) in [5.41, 5.74) is 0. The van der Waals surface area contributed by atoms with E-state index >= 15 is 0 Å². The fraction of sp³-hybridized carbons (Fsp3) is 1.00. The van der Waals surface area contributed by atoms with Crippen molar-refractivity contribution in [1.82, 2.24) is 0 Å². The van der Waals surface area contributed by atoms with Gasteiger partial charge in [0.1, 0.15) is 0 Å². The smallest absolute Gasteiger partial charge is 0.429 e. The van der Waals surface area contributed by atoms with Crippen molar-refractivity contribution in [2.24, 2.45) is 0 Å². The summed E-state index contributed by atoms with van der Waals surface area (Å²) in [6, 6.07) is 0. The minimum atomic E-state index is 0.661. The Bertz CT molecular complexity index is 117. The van der Waals surface area contributed by atoms with Crippen LogP contribution in [0.3, 0.4) is 0 Å². The molecule has 0 amide bonds. The second kappa shape index (κ2) is 16.0. The van der Waals surface area contributed by atoms with Crippen molar-refractivity contribution in [3.63, 3.8) is 0 Å². The van der Waals surface area contributed by atoms with Crippen molar-refractivity contribution in [3.8, 4) is 0 Å². The minimum Gasteiger partial charge on any atom is -0.429 e. The van der Waals surface area contributed by atoms with E-state index in [1.165, 1.54) is 70.6 Å². The molecule has 1 N–H and O–H groups in total. The van der Waals surface area contributed by atoms with Crippen LogP contribution in [0.1, 0.15) is 84.0 Å². The second-order valence-corrected chi connectivity index (χ2v) is 4.87. The van der Waals surface area contributed by atoms with E-state index in [-0.39, 0.29) is 0 Å². The topological polar surface area (TPSA) is 29.5 Å². The van der Waals surface area contributed by atoms with Gasteiger partial charge in [0.15, 0.2) is 0 Å². The Balaban J connectivity index is 2.85. The highest BCUT2D eigenvalue weighted by molar-refractivity contribution is 6.15. The van der Waals surface area contributed by atoms with Gasteiger partial charge in [-0.1, -0.05) is 77.6 Å². The van der Waals surface area contributed by atoms with Crippen molar-refractivity contribution in [1.29, 1.82) is 0 Å². The Hall–Kier alpha value is -0.0151. The van der Waals surface area contributed by atoms with Crippen molar-refractivity contribution in [2.45, 2.75) is 84.0 Å². The first-order valence-corrected chi connectivity index (χ1v) is 7.49. The van der Waals surface area contributed by atoms with Gasteiger partial charge in [0.2, 0.25) is 0 Å². The van der Waals surface area contributed by atoms with Crippen molar-refractivity contribution in [2.75, 3.05) is 6.61 Å². The van der Waals surface area contributed by atoms with Gasteiger partial charge in [0, 0.05) is 6.61 Å². The van der Waals surface area contributed by atoms with E-state index in [0.717, 1.165) is 14.1 Å². The zero-order valence-electron chi connectivity index (χ0n) is 11.6. The lowest BCUT2D eigenvalue weighted by Crippen LogP contribution is -1.98. The Morgan fingerprint density at radius 3 is 1.53 bits per heavy atom. The number of hydrogen-bond donors (Lipinski definition) is 1.